The SMILES string of the molecule is COC(=O)c1ccc2c(c1)NC(=O)/C2=C(/C)Nc1ccc(CN(C)Cc2ccc(OC)c(OC)c2)cc1. The first-order valence-corrected chi connectivity index (χ1v) is 11.8. The lowest BCUT2D eigenvalue weighted by molar-refractivity contribution is -0.110. The minimum absolute atomic E-state index is 0.213. The van der Waals surface area contributed by atoms with E-state index in [-0.39, 0.29) is 5.91 Å². The second-order valence-electron chi connectivity index (χ2n) is 8.89. The lowest BCUT2D eigenvalue weighted by Gasteiger charge is -2.18. The van der Waals surface area contributed by atoms with Crippen molar-refractivity contribution in [2.45, 2.75) is 20.0 Å². The summed E-state index contributed by atoms with van der Waals surface area (Å²) in [5, 5.41) is 6.17. The van der Waals surface area contributed by atoms with Gasteiger partial charge in [-0.15, -0.1) is 0 Å². The Morgan fingerprint density at radius 2 is 1.57 bits per heavy atom. The number of benzene rings is 3. The van der Waals surface area contributed by atoms with Crippen molar-refractivity contribution < 1.29 is 23.8 Å². The predicted octanol–water partition coefficient (Wildman–Crippen LogP) is 4.92. The summed E-state index contributed by atoms with van der Waals surface area (Å²) in [6, 6.07) is 19.1. The Morgan fingerprint density at radius 3 is 2.24 bits per heavy atom. The average molecular weight is 502 g/mol. The maximum Gasteiger partial charge on any atom is 0.337 e. The van der Waals surface area contributed by atoms with Crippen LogP contribution in [0.3, 0.4) is 0 Å². The maximum absolute atomic E-state index is 12.7. The van der Waals surface area contributed by atoms with Crippen LogP contribution in [0.2, 0.25) is 0 Å². The van der Waals surface area contributed by atoms with E-state index < -0.39 is 5.97 Å². The number of methoxy groups -OCH3 is 3. The average Bonchev–Trinajstić information content (AvgIpc) is 3.24. The van der Waals surface area contributed by atoms with Gasteiger partial charge >= 0.3 is 5.97 Å². The van der Waals surface area contributed by atoms with E-state index in [1.54, 1.807) is 32.4 Å². The van der Waals surface area contributed by atoms with E-state index in [2.05, 4.69) is 34.7 Å². The van der Waals surface area contributed by atoms with Gasteiger partial charge in [-0.1, -0.05) is 24.3 Å². The highest BCUT2D eigenvalue weighted by Gasteiger charge is 2.27. The number of fused-ring (bicyclic) bond motifs is 1. The highest BCUT2D eigenvalue weighted by atomic mass is 16.5. The minimum atomic E-state index is -0.446. The molecule has 0 spiro atoms. The first-order valence-electron chi connectivity index (χ1n) is 11.8. The van der Waals surface area contributed by atoms with E-state index in [4.69, 9.17) is 14.2 Å². The van der Waals surface area contributed by atoms with Gasteiger partial charge in [-0.3, -0.25) is 9.69 Å². The monoisotopic (exact) mass is 501 g/mol. The fourth-order valence-electron chi connectivity index (χ4n) is 4.42. The Balaban J connectivity index is 1.42. The van der Waals surface area contributed by atoms with E-state index in [1.165, 1.54) is 7.11 Å². The number of carbonyl (C=O) groups is 2. The third kappa shape index (κ3) is 5.76. The number of nitrogens with one attached hydrogen (secondary N) is 2. The van der Waals surface area contributed by atoms with Crippen LogP contribution in [0.4, 0.5) is 11.4 Å². The largest absolute Gasteiger partial charge is 0.493 e. The van der Waals surface area contributed by atoms with Crippen LogP contribution in [-0.4, -0.2) is 45.2 Å². The molecule has 0 fully saturated rings. The van der Waals surface area contributed by atoms with Crippen molar-refractivity contribution in [2.24, 2.45) is 0 Å². The summed E-state index contributed by atoms with van der Waals surface area (Å²) in [6.07, 6.45) is 0. The normalized spacial score (nSPS) is 13.6. The van der Waals surface area contributed by atoms with Gasteiger partial charge in [-0.05, 0) is 61.5 Å². The Labute approximate surface area is 216 Å². The van der Waals surface area contributed by atoms with Crippen LogP contribution < -0.4 is 20.1 Å². The van der Waals surface area contributed by atoms with Crippen LogP contribution in [0.15, 0.2) is 66.4 Å². The standard InChI is InChI=1S/C29H31N3O5/c1-18(27-23-12-9-21(29(34)37-5)15-24(23)31-28(27)33)30-22-10-6-19(7-11-22)16-32(2)17-20-8-13-25(35-3)26(14-20)36-4/h6-15,30H,16-17H2,1-5H3,(H,31,33)/b27-18-. The van der Waals surface area contributed by atoms with Crippen LogP contribution in [0, 0.1) is 0 Å². The molecular formula is C29H31N3O5. The van der Waals surface area contributed by atoms with E-state index in [9.17, 15) is 9.59 Å². The molecule has 3 aromatic rings. The van der Waals surface area contributed by atoms with Crippen molar-refractivity contribution in [3.05, 3.63) is 88.6 Å². The summed E-state index contributed by atoms with van der Waals surface area (Å²) >= 11 is 0. The van der Waals surface area contributed by atoms with E-state index in [0.717, 1.165) is 46.9 Å². The molecule has 0 aromatic heterocycles. The summed E-state index contributed by atoms with van der Waals surface area (Å²) < 4.78 is 15.5. The minimum Gasteiger partial charge on any atom is -0.493 e. The van der Waals surface area contributed by atoms with Crippen molar-refractivity contribution in [2.75, 3.05) is 39.0 Å². The number of anilines is 2. The van der Waals surface area contributed by atoms with Gasteiger partial charge in [0.1, 0.15) is 0 Å². The molecule has 0 saturated heterocycles. The van der Waals surface area contributed by atoms with E-state index in [1.807, 2.05) is 37.3 Å². The van der Waals surface area contributed by atoms with Crippen molar-refractivity contribution in [3.63, 3.8) is 0 Å². The highest BCUT2D eigenvalue weighted by molar-refractivity contribution is 6.32. The molecule has 37 heavy (non-hydrogen) atoms. The first-order chi connectivity index (χ1) is 17.8. The number of nitrogens with zero attached hydrogens (tertiary/aromatic N) is 1. The summed E-state index contributed by atoms with van der Waals surface area (Å²) in [4.78, 5) is 26.7. The number of esters is 1. The molecule has 1 amide bonds. The van der Waals surface area contributed by atoms with Crippen molar-refractivity contribution >= 4 is 28.8 Å². The van der Waals surface area contributed by atoms with Gasteiger partial charge in [0.25, 0.3) is 5.91 Å². The van der Waals surface area contributed by atoms with Crippen LogP contribution in [-0.2, 0) is 22.6 Å². The number of hydrogen-bond donors (Lipinski definition) is 2. The van der Waals surface area contributed by atoms with E-state index >= 15 is 0 Å². The van der Waals surface area contributed by atoms with Gasteiger partial charge < -0.3 is 24.8 Å². The quantitative estimate of drug-likeness (QED) is 0.318. The molecule has 0 unspecified atom stereocenters. The molecule has 0 saturated carbocycles. The van der Waals surface area contributed by atoms with Crippen molar-refractivity contribution in [1.29, 1.82) is 0 Å². The molecule has 0 bridgehead atoms. The lowest BCUT2D eigenvalue weighted by Crippen LogP contribution is -2.17. The molecule has 8 nitrogen and oxygen atoms in total. The van der Waals surface area contributed by atoms with Gasteiger partial charge in [0.15, 0.2) is 11.5 Å². The molecule has 3 aromatic carbocycles. The van der Waals surface area contributed by atoms with Gasteiger partial charge in [-0.2, -0.15) is 0 Å². The molecule has 4 rings (SSSR count). The molecule has 8 heteroatoms. The Bertz CT molecular complexity index is 1350. The third-order valence-electron chi connectivity index (χ3n) is 6.20. The summed E-state index contributed by atoms with van der Waals surface area (Å²) in [5.41, 5.74) is 6.18. The Morgan fingerprint density at radius 1 is 0.892 bits per heavy atom. The highest BCUT2D eigenvalue weighted by Crippen LogP contribution is 2.35. The third-order valence-corrected chi connectivity index (χ3v) is 6.20. The molecule has 1 heterocycles. The molecule has 0 aliphatic carbocycles. The molecule has 0 radical (unpaired) electrons. The second kappa shape index (κ2) is 11.2. The molecule has 0 atom stereocenters. The molecule has 2 N–H and O–H groups in total. The second-order valence-corrected chi connectivity index (χ2v) is 8.89. The molecule has 1 aliphatic heterocycles. The Hall–Kier alpha value is -4.30. The molecule has 192 valence electrons. The topological polar surface area (TPSA) is 89.1 Å². The lowest BCUT2D eigenvalue weighted by atomic mass is 10.0. The van der Waals surface area contributed by atoms with Crippen LogP contribution >= 0.6 is 0 Å². The van der Waals surface area contributed by atoms with E-state index in [0.29, 0.717) is 22.6 Å². The fourth-order valence-corrected chi connectivity index (χ4v) is 4.42. The predicted molar refractivity (Wildman–Crippen MR) is 144 cm³/mol. The van der Waals surface area contributed by atoms with Crippen LogP contribution in [0.1, 0.15) is 34.0 Å². The smallest absolute Gasteiger partial charge is 0.337 e. The number of allylic oxidation sites excluding steroid dienone is 1. The molecular weight excluding hydrogens is 470 g/mol. The van der Waals surface area contributed by atoms with Crippen LogP contribution in [0.5, 0.6) is 11.5 Å². The van der Waals surface area contributed by atoms with Crippen molar-refractivity contribution in [1.82, 2.24) is 4.90 Å². The summed E-state index contributed by atoms with van der Waals surface area (Å²) in [6.45, 7) is 3.40. The number of ether oxygens (including phenoxy) is 3. The van der Waals surface area contributed by atoms with Gasteiger partial charge in [-0.25, -0.2) is 4.79 Å². The summed E-state index contributed by atoms with van der Waals surface area (Å²) in [5.74, 6) is 0.775. The zero-order valence-corrected chi connectivity index (χ0v) is 21.7. The maximum atomic E-state index is 12.7. The fraction of sp³-hybridized carbons (Fsp3) is 0.241. The molecule has 1 aliphatic rings. The van der Waals surface area contributed by atoms with Gasteiger partial charge in [0.05, 0.1) is 38.2 Å². The van der Waals surface area contributed by atoms with Crippen LogP contribution in [0.25, 0.3) is 5.57 Å². The van der Waals surface area contributed by atoms with Gasteiger partial charge in [0.2, 0.25) is 0 Å². The number of hydrogen-bond acceptors (Lipinski definition) is 7. The number of carbonyl (C=O) groups excluding carboxylic acids is 2. The van der Waals surface area contributed by atoms with Gasteiger partial charge in [0, 0.05) is 30.0 Å². The van der Waals surface area contributed by atoms with Crippen molar-refractivity contribution in [3.8, 4) is 11.5 Å². The zero-order valence-electron chi connectivity index (χ0n) is 21.7. The first kappa shape index (κ1) is 25.8. The summed E-state index contributed by atoms with van der Waals surface area (Å²) in [7, 11) is 6.66. The number of rotatable bonds is 9. The Kier molecular flexibility index (Phi) is 7.79. The number of amides is 1. The zero-order chi connectivity index (χ0) is 26.5.